The van der Waals surface area contributed by atoms with Crippen molar-refractivity contribution in [3.05, 3.63) is 0 Å². The van der Waals surface area contributed by atoms with Crippen LogP contribution in [0.15, 0.2) is 0 Å². The highest BCUT2D eigenvalue weighted by molar-refractivity contribution is 7.57. The molecule has 0 aromatic carbocycles. The van der Waals surface area contributed by atoms with Crippen LogP contribution in [0.4, 0.5) is 0 Å². The van der Waals surface area contributed by atoms with Crippen molar-refractivity contribution in [1.29, 1.82) is 0 Å². The highest BCUT2D eigenvalue weighted by Gasteiger charge is 2.33. The molecule has 0 spiro atoms. The maximum absolute atomic E-state index is 11.2. The van der Waals surface area contributed by atoms with Gasteiger partial charge in [0.1, 0.15) is 0 Å². The molecule has 72 valence electrons. The van der Waals surface area contributed by atoms with E-state index < -0.39 is 18.9 Å². The van der Waals surface area contributed by atoms with Gasteiger partial charge in [-0.3, -0.25) is 4.57 Å². The van der Waals surface area contributed by atoms with Gasteiger partial charge in [0, 0.05) is 13.3 Å². The molecule has 0 heterocycles. The van der Waals surface area contributed by atoms with Gasteiger partial charge in [0.2, 0.25) is 0 Å². The number of esters is 1. The van der Waals surface area contributed by atoms with Gasteiger partial charge in [-0.25, -0.2) is 4.79 Å². The molecule has 0 atom stereocenters. The van der Waals surface area contributed by atoms with Crippen LogP contribution in [0.5, 0.6) is 0 Å². The molecule has 5 heteroatoms. The van der Waals surface area contributed by atoms with Gasteiger partial charge in [-0.15, -0.1) is 0 Å². The highest BCUT2D eigenvalue weighted by atomic mass is 31.2. The van der Waals surface area contributed by atoms with E-state index in [0.29, 0.717) is 0 Å². The Balaban J connectivity index is 4.43. The van der Waals surface area contributed by atoms with Gasteiger partial charge in [0.15, 0.2) is 13.0 Å². The lowest BCUT2D eigenvalue weighted by molar-refractivity contribution is -0.155. The third kappa shape index (κ3) is 3.88. The van der Waals surface area contributed by atoms with Crippen LogP contribution in [0.25, 0.3) is 0 Å². The highest BCUT2D eigenvalue weighted by Crippen LogP contribution is 2.42. The summed E-state index contributed by atoms with van der Waals surface area (Å²) < 4.78 is 20.8. The predicted molar refractivity (Wildman–Crippen MR) is 46.6 cm³/mol. The Bertz CT molecular complexity index is 215. The minimum Gasteiger partial charge on any atom is -0.467 e. The monoisotopic (exact) mass is 194 g/mol. The quantitative estimate of drug-likeness (QED) is 0.504. The number of ether oxygens (including phenoxy) is 1. The van der Waals surface area contributed by atoms with E-state index in [1.54, 1.807) is 0 Å². The van der Waals surface area contributed by atoms with Gasteiger partial charge in [-0.2, -0.15) is 0 Å². The zero-order chi connectivity index (χ0) is 9.99. The Morgan fingerprint density at radius 3 is 2.00 bits per heavy atom. The van der Waals surface area contributed by atoms with Crippen LogP contribution in [0.3, 0.4) is 0 Å². The van der Waals surface area contributed by atoms with Crippen molar-refractivity contribution < 1.29 is 18.6 Å². The SMILES string of the molecule is COC(=O)C(C)(C)OP(C)(C)=O. The summed E-state index contributed by atoms with van der Waals surface area (Å²) in [4.78, 5) is 11.0. The molecule has 0 rings (SSSR count). The fourth-order valence-corrected chi connectivity index (χ4v) is 2.01. The Morgan fingerprint density at radius 2 is 1.75 bits per heavy atom. The lowest BCUT2D eigenvalue weighted by Crippen LogP contribution is -2.34. The summed E-state index contributed by atoms with van der Waals surface area (Å²) in [6.07, 6.45) is 0. The molecule has 0 saturated heterocycles. The second kappa shape index (κ2) is 3.58. The number of carbonyl (C=O) groups excluding carboxylic acids is 1. The molecule has 0 aliphatic heterocycles. The molecule has 0 aromatic rings. The molecule has 0 amide bonds. The number of methoxy groups -OCH3 is 1. The van der Waals surface area contributed by atoms with Crippen molar-refractivity contribution in [3.8, 4) is 0 Å². The molecule has 0 N–H and O–H groups in total. The summed E-state index contributed by atoms with van der Waals surface area (Å²) >= 11 is 0. The predicted octanol–water partition coefficient (Wildman–Crippen LogP) is 1.49. The molecule has 0 unspecified atom stereocenters. The zero-order valence-electron chi connectivity index (χ0n) is 8.08. The molecule has 0 radical (unpaired) electrons. The van der Waals surface area contributed by atoms with E-state index in [1.807, 2.05) is 0 Å². The molecule has 0 saturated carbocycles. The van der Waals surface area contributed by atoms with Gasteiger partial charge in [-0.05, 0) is 13.8 Å². The van der Waals surface area contributed by atoms with Gasteiger partial charge >= 0.3 is 5.97 Å². The normalized spacial score (nSPS) is 12.8. The molecule has 0 aliphatic carbocycles. The Morgan fingerprint density at radius 1 is 1.33 bits per heavy atom. The summed E-state index contributed by atoms with van der Waals surface area (Å²) in [5.41, 5.74) is -1.13. The first-order valence-corrected chi connectivity index (χ1v) is 6.05. The second-order valence-corrected chi connectivity index (χ2v) is 6.03. The largest absolute Gasteiger partial charge is 0.467 e. The molecule has 0 fully saturated rings. The van der Waals surface area contributed by atoms with Crippen LogP contribution in [-0.4, -0.2) is 32.0 Å². The van der Waals surface area contributed by atoms with Crippen molar-refractivity contribution in [2.45, 2.75) is 19.4 Å². The van der Waals surface area contributed by atoms with Crippen molar-refractivity contribution in [3.63, 3.8) is 0 Å². The number of carbonyl (C=O) groups is 1. The number of hydrogen-bond acceptors (Lipinski definition) is 4. The van der Waals surface area contributed by atoms with E-state index in [1.165, 1.54) is 34.3 Å². The molecule has 4 nitrogen and oxygen atoms in total. The van der Waals surface area contributed by atoms with E-state index in [2.05, 4.69) is 4.74 Å². The van der Waals surface area contributed by atoms with Gasteiger partial charge < -0.3 is 9.26 Å². The Hall–Kier alpha value is -0.340. The van der Waals surface area contributed by atoms with Crippen LogP contribution in [0, 0.1) is 0 Å². The molecule has 0 aromatic heterocycles. The molecular formula is C7H15O4P. The van der Waals surface area contributed by atoms with Gasteiger partial charge in [-0.1, -0.05) is 0 Å². The minimum absolute atomic E-state index is 0.522. The molecule has 12 heavy (non-hydrogen) atoms. The summed E-state index contributed by atoms with van der Waals surface area (Å²) in [7, 11) is -1.39. The van der Waals surface area contributed by atoms with Crippen LogP contribution < -0.4 is 0 Å². The van der Waals surface area contributed by atoms with Crippen molar-refractivity contribution >= 4 is 13.3 Å². The van der Waals surface area contributed by atoms with Crippen molar-refractivity contribution in [2.75, 3.05) is 20.4 Å². The van der Waals surface area contributed by atoms with Gasteiger partial charge in [0.05, 0.1) is 7.11 Å². The van der Waals surface area contributed by atoms with Gasteiger partial charge in [0.25, 0.3) is 0 Å². The van der Waals surface area contributed by atoms with E-state index >= 15 is 0 Å². The molecule has 0 aliphatic rings. The van der Waals surface area contributed by atoms with E-state index in [9.17, 15) is 9.36 Å². The first-order valence-electron chi connectivity index (χ1n) is 3.53. The lowest BCUT2D eigenvalue weighted by Gasteiger charge is -2.24. The maximum atomic E-state index is 11.2. The Labute approximate surface area is 72.7 Å². The fourth-order valence-electron chi connectivity index (χ4n) is 0.833. The first-order chi connectivity index (χ1) is 5.19. The Kier molecular flexibility index (Phi) is 3.48. The average Bonchev–Trinajstić information content (AvgIpc) is 1.80. The average molecular weight is 194 g/mol. The summed E-state index contributed by atoms with van der Waals surface area (Å²) in [6.45, 7) is 5.96. The van der Waals surface area contributed by atoms with Crippen LogP contribution >= 0.6 is 7.37 Å². The van der Waals surface area contributed by atoms with E-state index in [0.717, 1.165) is 0 Å². The standard InChI is InChI=1S/C7H15O4P/c1-7(2,6(8)10-3)11-12(4,5)9/h1-5H3. The van der Waals surface area contributed by atoms with Crippen LogP contribution in [-0.2, 0) is 18.6 Å². The summed E-state index contributed by atoms with van der Waals surface area (Å²) in [6, 6.07) is 0. The third-order valence-electron chi connectivity index (χ3n) is 1.13. The zero-order valence-corrected chi connectivity index (χ0v) is 8.97. The summed E-state index contributed by atoms with van der Waals surface area (Å²) in [5, 5.41) is 0. The van der Waals surface area contributed by atoms with E-state index in [4.69, 9.17) is 4.52 Å². The maximum Gasteiger partial charge on any atom is 0.338 e. The second-order valence-electron chi connectivity index (χ2n) is 3.35. The lowest BCUT2D eigenvalue weighted by atomic mass is 10.1. The number of hydrogen-bond donors (Lipinski definition) is 0. The summed E-state index contributed by atoms with van der Waals surface area (Å²) in [5.74, 6) is -0.522. The van der Waals surface area contributed by atoms with Crippen molar-refractivity contribution in [2.24, 2.45) is 0 Å². The topological polar surface area (TPSA) is 52.6 Å². The van der Waals surface area contributed by atoms with Crippen LogP contribution in [0.1, 0.15) is 13.8 Å². The fraction of sp³-hybridized carbons (Fsp3) is 0.857. The van der Waals surface area contributed by atoms with E-state index in [-0.39, 0.29) is 0 Å². The first kappa shape index (κ1) is 11.7. The number of rotatable bonds is 3. The molecular weight excluding hydrogens is 179 g/mol. The molecule has 0 bridgehead atoms. The van der Waals surface area contributed by atoms with Crippen molar-refractivity contribution in [1.82, 2.24) is 0 Å². The van der Waals surface area contributed by atoms with Crippen LogP contribution in [0.2, 0.25) is 0 Å². The smallest absolute Gasteiger partial charge is 0.338 e. The minimum atomic E-state index is -2.66. The third-order valence-corrected chi connectivity index (χ3v) is 2.02.